The Morgan fingerprint density at radius 2 is 1.57 bits per heavy atom. The highest BCUT2D eigenvalue weighted by Gasteiger charge is 2.36. The minimum atomic E-state index is -0.236. The van der Waals surface area contributed by atoms with Gasteiger partial charge in [0.15, 0.2) is 5.13 Å². The molecule has 1 aromatic heterocycles. The summed E-state index contributed by atoms with van der Waals surface area (Å²) in [6, 6.07) is 15.0. The number of carbonyl (C=O) groups excluding carboxylic acids is 2. The number of benzene rings is 2. The SMILES string of the molecule is COc1ccc(C(=O)Nc2nc3c(s2)CCC3C(=O)N2CCN(c3ccc(OC)cc3)CC2)cc1. The predicted octanol–water partition coefficient (Wildman–Crippen LogP) is 3.79. The van der Waals surface area contributed by atoms with Crippen molar-refractivity contribution in [1.82, 2.24) is 9.88 Å². The Kier molecular flexibility index (Phi) is 6.59. The first-order chi connectivity index (χ1) is 17.1. The fraction of sp³-hybridized carbons (Fsp3) is 0.346. The molecule has 1 saturated heterocycles. The number of nitrogens with zero attached hydrogens (tertiary/aromatic N) is 3. The van der Waals surface area contributed by atoms with Crippen LogP contribution in [0.4, 0.5) is 10.8 Å². The van der Waals surface area contributed by atoms with E-state index in [1.807, 2.05) is 17.0 Å². The number of carbonyl (C=O) groups is 2. The molecule has 0 saturated carbocycles. The first kappa shape index (κ1) is 23.2. The molecule has 1 unspecified atom stereocenters. The van der Waals surface area contributed by atoms with E-state index in [1.54, 1.807) is 38.5 Å². The van der Waals surface area contributed by atoms with Crippen LogP contribution in [-0.4, -0.2) is 62.1 Å². The molecule has 1 atom stereocenters. The molecule has 1 aliphatic heterocycles. The third kappa shape index (κ3) is 4.81. The number of methoxy groups -OCH3 is 2. The Morgan fingerprint density at radius 3 is 2.20 bits per heavy atom. The van der Waals surface area contributed by atoms with E-state index in [9.17, 15) is 9.59 Å². The van der Waals surface area contributed by atoms with Gasteiger partial charge in [0.1, 0.15) is 11.5 Å². The van der Waals surface area contributed by atoms with Crippen molar-refractivity contribution >= 4 is 34.0 Å². The van der Waals surface area contributed by atoms with Gasteiger partial charge >= 0.3 is 0 Å². The van der Waals surface area contributed by atoms with Crippen molar-refractivity contribution in [3.63, 3.8) is 0 Å². The van der Waals surface area contributed by atoms with E-state index < -0.39 is 0 Å². The Labute approximate surface area is 208 Å². The van der Waals surface area contributed by atoms with E-state index in [1.165, 1.54) is 11.3 Å². The van der Waals surface area contributed by atoms with Gasteiger partial charge in [0.25, 0.3) is 5.91 Å². The predicted molar refractivity (Wildman–Crippen MR) is 136 cm³/mol. The van der Waals surface area contributed by atoms with Gasteiger partial charge < -0.3 is 19.3 Å². The molecule has 182 valence electrons. The summed E-state index contributed by atoms with van der Waals surface area (Å²) in [6.45, 7) is 2.94. The maximum atomic E-state index is 13.4. The van der Waals surface area contributed by atoms with Gasteiger partial charge in [0.2, 0.25) is 5.91 Å². The molecule has 9 heteroatoms. The van der Waals surface area contributed by atoms with Crippen molar-refractivity contribution in [2.45, 2.75) is 18.8 Å². The Balaban J connectivity index is 1.20. The topological polar surface area (TPSA) is 84.0 Å². The first-order valence-corrected chi connectivity index (χ1v) is 12.5. The number of nitrogens with one attached hydrogen (secondary N) is 1. The molecule has 0 spiro atoms. The van der Waals surface area contributed by atoms with E-state index in [0.29, 0.717) is 29.5 Å². The highest BCUT2D eigenvalue weighted by Crippen LogP contribution is 2.39. The molecule has 2 aromatic carbocycles. The molecule has 2 heterocycles. The number of thiazole rings is 1. The molecular weight excluding hydrogens is 464 g/mol. The summed E-state index contributed by atoms with van der Waals surface area (Å²) in [7, 11) is 3.25. The van der Waals surface area contributed by atoms with Gasteiger partial charge in [-0.2, -0.15) is 0 Å². The van der Waals surface area contributed by atoms with Crippen LogP contribution in [0.15, 0.2) is 48.5 Å². The molecule has 0 bridgehead atoms. The van der Waals surface area contributed by atoms with Crippen molar-refractivity contribution in [2.24, 2.45) is 0 Å². The lowest BCUT2D eigenvalue weighted by Crippen LogP contribution is -2.50. The van der Waals surface area contributed by atoms with Crippen LogP contribution in [0.5, 0.6) is 11.5 Å². The quantitative estimate of drug-likeness (QED) is 0.564. The third-order valence-corrected chi connectivity index (χ3v) is 7.66. The van der Waals surface area contributed by atoms with Crippen molar-refractivity contribution in [1.29, 1.82) is 0 Å². The minimum absolute atomic E-state index is 0.136. The number of piperazine rings is 1. The summed E-state index contributed by atoms with van der Waals surface area (Å²) >= 11 is 1.46. The highest BCUT2D eigenvalue weighted by molar-refractivity contribution is 7.16. The summed E-state index contributed by atoms with van der Waals surface area (Å²) in [5.74, 6) is 1.21. The summed E-state index contributed by atoms with van der Waals surface area (Å²) in [5, 5.41) is 3.42. The number of hydrogen-bond donors (Lipinski definition) is 1. The van der Waals surface area contributed by atoms with E-state index >= 15 is 0 Å². The van der Waals surface area contributed by atoms with Crippen molar-refractivity contribution in [3.05, 3.63) is 64.7 Å². The Hall–Kier alpha value is -3.59. The number of aromatic nitrogens is 1. The van der Waals surface area contributed by atoms with Gasteiger partial charge in [0.05, 0.1) is 25.8 Å². The summed E-state index contributed by atoms with van der Waals surface area (Å²) < 4.78 is 10.4. The number of ether oxygens (including phenoxy) is 2. The lowest BCUT2D eigenvalue weighted by Gasteiger charge is -2.37. The second-order valence-corrected chi connectivity index (χ2v) is 9.70. The Morgan fingerprint density at radius 1 is 0.943 bits per heavy atom. The largest absolute Gasteiger partial charge is 0.497 e. The summed E-state index contributed by atoms with van der Waals surface area (Å²) in [4.78, 5) is 36.0. The summed E-state index contributed by atoms with van der Waals surface area (Å²) in [5.41, 5.74) is 2.49. The average molecular weight is 493 g/mol. The second kappa shape index (κ2) is 9.95. The second-order valence-electron chi connectivity index (χ2n) is 8.61. The Bertz CT molecular complexity index is 1200. The lowest BCUT2D eigenvalue weighted by molar-refractivity contribution is -0.133. The van der Waals surface area contributed by atoms with Crippen LogP contribution in [0.3, 0.4) is 0 Å². The molecule has 1 fully saturated rings. The number of rotatable bonds is 6. The van der Waals surface area contributed by atoms with Crippen molar-refractivity contribution in [3.8, 4) is 11.5 Å². The maximum absolute atomic E-state index is 13.4. The van der Waals surface area contributed by atoms with E-state index in [4.69, 9.17) is 9.47 Å². The fourth-order valence-corrected chi connectivity index (χ4v) is 5.66. The molecule has 5 rings (SSSR count). The van der Waals surface area contributed by atoms with Gasteiger partial charge in [-0.05, 0) is 61.4 Å². The van der Waals surface area contributed by atoms with E-state index in [0.717, 1.165) is 47.9 Å². The molecule has 1 N–H and O–H groups in total. The van der Waals surface area contributed by atoms with Crippen LogP contribution < -0.4 is 19.7 Å². The smallest absolute Gasteiger partial charge is 0.257 e. The molecular formula is C26H28N4O4S. The molecule has 8 nitrogen and oxygen atoms in total. The zero-order valence-corrected chi connectivity index (χ0v) is 20.6. The number of amides is 2. The van der Waals surface area contributed by atoms with Gasteiger partial charge in [-0.15, -0.1) is 11.3 Å². The number of hydrogen-bond acceptors (Lipinski definition) is 7. The molecule has 2 aliphatic rings. The van der Waals surface area contributed by atoms with Gasteiger partial charge in [-0.25, -0.2) is 4.98 Å². The normalized spacial score (nSPS) is 17.1. The monoisotopic (exact) mass is 492 g/mol. The van der Waals surface area contributed by atoms with Gasteiger partial charge in [0, 0.05) is 42.3 Å². The van der Waals surface area contributed by atoms with Crippen molar-refractivity contribution < 1.29 is 19.1 Å². The van der Waals surface area contributed by atoms with Gasteiger partial charge in [-0.3, -0.25) is 14.9 Å². The lowest BCUT2D eigenvalue weighted by atomic mass is 10.1. The number of aryl methyl sites for hydroxylation is 1. The molecule has 3 aromatic rings. The first-order valence-electron chi connectivity index (χ1n) is 11.7. The number of anilines is 2. The molecule has 2 amide bonds. The number of fused-ring (bicyclic) bond motifs is 1. The molecule has 1 aliphatic carbocycles. The van der Waals surface area contributed by atoms with Crippen LogP contribution >= 0.6 is 11.3 Å². The molecule has 35 heavy (non-hydrogen) atoms. The third-order valence-electron chi connectivity index (χ3n) is 6.62. The van der Waals surface area contributed by atoms with Crippen LogP contribution in [0.2, 0.25) is 0 Å². The zero-order chi connectivity index (χ0) is 24.4. The van der Waals surface area contributed by atoms with Crippen LogP contribution in [-0.2, 0) is 11.2 Å². The van der Waals surface area contributed by atoms with Gasteiger partial charge in [-0.1, -0.05) is 0 Å². The highest BCUT2D eigenvalue weighted by atomic mass is 32.1. The molecule has 0 radical (unpaired) electrons. The van der Waals surface area contributed by atoms with Crippen LogP contribution in [0.1, 0.15) is 33.3 Å². The van der Waals surface area contributed by atoms with E-state index in [-0.39, 0.29) is 17.7 Å². The zero-order valence-electron chi connectivity index (χ0n) is 19.8. The van der Waals surface area contributed by atoms with E-state index in [2.05, 4.69) is 27.3 Å². The van der Waals surface area contributed by atoms with Crippen LogP contribution in [0, 0.1) is 0 Å². The van der Waals surface area contributed by atoms with Crippen molar-refractivity contribution in [2.75, 3.05) is 50.6 Å². The fourth-order valence-electron chi connectivity index (χ4n) is 4.63. The maximum Gasteiger partial charge on any atom is 0.257 e. The summed E-state index contributed by atoms with van der Waals surface area (Å²) in [6.07, 6.45) is 1.59. The van der Waals surface area contributed by atoms with Crippen LogP contribution in [0.25, 0.3) is 0 Å². The average Bonchev–Trinajstić information content (AvgIpc) is 3.49. The standard InChI is InChI=1S/C26H28N4O4S/c1-33-19-7-3-17(4-8-19)24(31)28-26-27-23-21(11-12-22(23)35-26)25(32)30-15-13-29(14-16-30)18-5-9-20(34-2)10-6-18/h3-10,21H,11-16H2,1-2H3,(H,27,28,31). The minimum Gasteiger partial charge on any atom is -0.497 e.